The van der Waals surface area contributed by atoms with Crippen molar-refractivity contribution >= 4 is 17.7 Å². The Labute approximate surface area is 120 Å². The second-order valence-electron chi connectivity index (χ2n) is 6.59. The fourth-order valence-electron chi connectivity index (χ4n) is 3.94. The van der Waals surface area contributed by atoms with Crippen LogP contribution >= 0.6 is 11.8 Å². The SMILES string of the molecule is CSC1CCC(NC(=O)C2CC23CCNCC3)CC1. The summed E-state index contributed by atoms with van der Waals surface area (Å²) in [7, 11) is 0. The minimum Gasteiger partial charge on any atom is -0.353 e. The highest BCUT2D eigenvalue weighted by atomic mass is 32.2. The maximum Gasteiger partial charge on any atom is 0.223 e. The minimum absolute atomic E-state index is 0.327. The van der Waals surface area contributed by atoms with Crippen molar-refractivity contribution in [2.24, 2.45) is 11.3 Å². The van der Waals surface area contributed by atoms with Gasteiger partial charge in [0, 0.05) is 17.2 Å². The molecular weight excluding hydrogens is 256 g/mol. The maximum absolute atomic E-state index is 12.4. The van der Waals surface area contributed by atoms with Crippen molar-refractivity contribution in [3.8, 4) is 0 Å². The van der Waals surface area contributed by atoms with Gasteiger partial charge in [0.2, 0.25) is 5.91 Å². The fourth-order valence-corrected chi connectivity index (χ4v) is 4.68. The van der Waals surface area contributed by atoms with Crippen LogP contribution in [0.3, 0.4) is 0 Å². The first kappa shape index (κ1) is 13.7. The Morgan fingerprint density at radius 2 is 1.89 bits per heavy atom. The van der Waals surface area contributed by atoms with E-state index in [0.717, 1.165) is 24.8 Å². The second kappa shape index (κ2) is 5.65. The van der Waals surface area contributed by atoms with Crippen LogP contribution in [0.15, 0.2) is 0 Å². The van der Waals surface area contributed by atoms with Crippen LogP contribution in [0.1, 0.15) is 44.9 Å². The summed E-state index contributed by atoms with van der Waals surface area (Å²) in [4.78, 5) is 12.4. The molecule has 0 aromatic rings. The topological polar surface area (TPSA) is 41.1 Å². The van der Waals surface area contributed by atoms with Crippen molar-refractivity contribution < 1.29 is 4.79 Å². The Morgan fingerprint density at radius 3 is 2.53 bits per heavy atom. The van der Waals surface area contributed by atoms with Crippen molar-refractivity contribution in [3.63, 3.8) is 0 Å². The van der Waals surface area contributed by atoms with Gasteiger partial charge in [-0.1, -0.05) is 0 Å². The molecule has 3 aliphatic rings. The largest absolute Gasteiger partial charge is 0.353 e. The number of nitrogens with one attached hydrogen (secondary N) is 2. The third-order valence-electron chi connectivity index (χ3n) is 5.46. The number of piperidine rings is 1. The van der Waals surface area contributed by atoms with Crippen LogP contribution in [0.25, 0.3) is 0 Å². The first-order chi connectivity index (χ1) is 9.23. The molecule has 0 bridgehead atoms. The van der Waals surface area contributed by atoms with Gasteiger partial charge in [0.1, 0.15) is 0 Å². The molecule has 0 radical (unpaired) electrons. The van der Waals surface area contributed by atoms with Gasteiger partial charge >= 0.3 is 0 Å². The van der Waals surface area contributed by atoms with E-state index in [2.05, 4.69) is 16.9 Å². The Hall–Kier alpha value is -0.220. The lowest BCUT2D eigenvalue weighted by atomic mass is 9.91. The highest BCUT2D eigenvalue weighted by molar-refractivity contribution is 7.99. The molecule has 2 N–H and O–H groups in total. The van der Waals surface area contributed by atoms with Crippen LogP contribution in [0.2, 0.25) is 0 Å². The molecule has 1 atom stereocenters. The molecule has 19 heavy (non-hydrogen) atoms. The molecule has 1 aliphatic heterocycles. The monoisotopic (exact) mass is 282 g/mol. The van der Waals surface area contributed by atoms with E-state index in [1.165, 1.54) is 38.5 Å². The first-order valence-electron chi connectivity index (χ1n) is 7.77. The van der Waals surface area contributed by atoms with Crippen molar-refractivity contribution in [2.75, 3.05) is 19.3 Å². The van der Waals surface area contributed by atoms with Gasteiger partial charge in [-0.15, -0.1) is 0 Å². The van der Waals surface area contributed by atoms with E-state index in [1.54, 1.807) is 0 Å². The molecule has 1 heterocycles. The van der Waals surface area contributed by atoms with E-state index >= 15 is 0 Å². The normalized spacial score (nSPS) is 37.0. The zero-order chi connectivity index (χ0) is 13.3. The van der Waals surface area contributed by atoms with E-state index in [-0.39, 0.29) is 0 Å². The van der Waals surface area contributed by atoms with E-state index in [4.69, 9.17) is 0 Å². The molecule has 0 aromatic carbocycles. The Bertz CT molecular complexity index is 333. The minimum atomic E-state index is 0.327. The van der Waals surface area contributed by atoms with Crippen LogP contribution in [-0.2, 0) is 4.79 Å². The second-order valence-corrected chi connectivity index (χ2v) is 7.73. The average molecular weight is 282 g/mol. The number of thioether (sulfide) groups is 1. The number of carbonyl (C=O) groups is 1. The van der Waals surface area contributed by atoms with Gasteiger partial charge in [-0.25, -0.2) is 0 Å². The van der Waals surface area contributed by atoms with Gasteiger partial charge in [-0.05, 0) is 69.7 Å². The number of amides is 1. The highest BCUT2D eigenvalue weighted by Gasteiger charge is 2.57. The summed E-state index contributed by atoms with van der Waals surface area (Å²) in [6.07, 6.45) is 10.6. The molecule has 1 amide bonds. The van der Waals surface area contributed by atoms with Crippen molar-refractivity contribution in [2.45, 2.75) is 56.2 Å². The quantitative estimate of drug-likeness (QED) is 0.833. The maximum atomic E-state index is 12.4. The van der Waals surface area contributed by atoms with Crippen LogP contribution in [-0.4, -0.2) is 36.5 Å². The van der Waals surface area contributed by atoms with Crippen LogP contribution in [0, 0.1) is 11.3 Å². The molecule has 1 unspecified atom stereocenters. The van der Waals surface area contributed by atoms with Crippen molar-refractivity contribution in [3.05, 3.63) is 0 Å². The predicted octanol–water partition coefficient (Wildman–Crippen LogP) is 2.17. The van der Waals surface area contributed by atoms with Gasteiger partial charge in [-0.2, -0.15) is 11.8 Å². The fraction of sp³-hybridized carbons (Fsp3) is 0.933. The Balaban J connectivity index is 1.45. The van der Waals surface area contributed by atoms with Crippen LogP contribution in [0.4, 0.5) is 0 Å². The molecule has 2 saturated carbocycles. The first-order valence-corrected chi connectivity index (χ1v) is 9.06. The molecule has 1 saturated heterocycles. The van der Waals surface area contributed by atoms with E-state index in [1.807, 2.05) is 11.8 Å². The van der Waals surface area contributed by atoms with Crippen molar-refractivity contribution in [1.82, 2.24) is 10.6 Å². The van der Waals surface area contributed by atoms with E-state index < -0.39 is 0 Å². The summed E-state index contributed by atoms with van der Waals surface area (Å²) in [5, 5.41) is 7.55. The van der Waals surface area contributed by atoms with Gasteiger partial charge in [0.05, 0.1) is 0 Å². The number of hydrogen-bond acceptors (Lipinski definition) is 3. The lowest BCUT2D eigenvalue weighted by Gasteiger charge is -2.29. The lowest BCUT2D eigenvalue weighted by Crippen LogP contribution is -2.40. The average Bonchev–Trinajstić information content (AvgIpc) is 3.14. The summed E-state index contributed by atoms with van der Waals surface area (Å²) in [5.74, 6) is 0.683. The third-order valence-corrected chi connectivity index (χ3v) is 6.60. The lowest BCUT2D eigenvalue weighted by molar-refractivity contribution is -0.124. The van der Waals surface area contributed by atoms with E-state index in [0.29, 0.717) is 23.3 Å². The van der Waals surface area contributed by atoms with Crippen LogP contribution < -0.4 is 10.6 Å². The molecule has 3 fully saturated rings. The van der Waals surface area contributed by atoms with Gasteiger partial charge in [0.15, 0.2) is 0 Å². The number of rotatable bonds is 3. The van der Waals surface area contributed by atoms with Crippen molar-refractivity contribution in [1.29, 1.82) is 0 Å². The zero-order valence-electron chi connectivity index (χ0n) is 11.9. The predicted molar refractivity (Wildman–Crippen MR) is 80.3 cm³/mol. The van der Waals surface area contributed by atoms with E-state index in [9.17, 15) is 4.79 Å². The standard InChI is InChI=1S/C15H26N2OS/c1-19-12-4-2-11(3-5-12)17-14(18)13-10-15(13)6-8-16-9-7-15/h11-13,16H,2-10H2,1H3,(H,17,18). The molecule has 2 aliphatic carbocycles. The van der Waals surface area contributed by atoms with Gasteiger partial charge < -0.3 is 10.6 Å². The summed E-state index contributed by atoms with van der Waals surface area (Å²) >= 11 is 1.98. The summed E-state index contributed by atoms with van der Waals surface area (Å²) in [6.45, 7) is 2.20. The Kier molecular flexibility index (Phi) is 4.08. The molecule has 4 heteroatoms. The number of hydrogen-bond donors (Lipinski definition) is 2. The highest BCUT2D eigenvalue weighted by Crippen LogP contribution is 2.58. The molecule has 3 nitrogen and oxygen atoms in total. The summed E-state index contributed by atoms with van der Waals surface area (Å²) in [5.41, 5.74) is 0.381. The smallest absolute Gasteiger partial charge is 0.223 e. The Morgan fingerprint density at radius 1 is 1.21 bits per heavy atom. The van der Waals surface area contributed by atoms with Crippen LogP contribution in [0.5, 0.6) is 0 Å². The van der Waals surface area contributed by atoms with Gasteiger partial charge in [0.25, 0.3) is 0 Å². The third kappa shape index (κ3) is 2.94. The molecule has 108 valence electrons. The molecular formula is C15H26N2OS. The summed E-state index contributed by atoms with van der Waals surface area (Å²) in [6, 6.07) is 0.454. The molecule has 1 spiro atoms. The summed E-state index contributed by atoms with van der Waals surface area (Å²) < 4.78 is 0. The zero-order valence-corrected chi connectivity index (χ0v) is 12.7. The van der Waals surface area contributed by atoms with Gasteiger partial charge in [-0.3, -0.25) is 4.79 Å². The molecule has 0 aromatic heterocycles. The number of carbonyl (C=O) groups excluding carboxylic acids is 1. The molecule has 3 rings (SSSR count).